The largest absolute Gasteiger partial charge is 0.469 e. The summed E-state index contributed by atoms with van der Waals surface area (Å²) in [6.07, 6.45) is 3.24. The highest BCUT2D eigenvalue weighted by Crippen LogP contribution is 2.30. The molecule has 2 unspecified atom stereocenters. The third kappa shape index (κ3) is 3.20. The number of carbonyl (C=O) groups excluding carboxylic acids is 1. The minimum Gasteiger partial charge on any atom is -0.469 e. The van der Waals surface area contributed by atoms with Gasteiger partial charge in [0.25, 0.3) is 0 Å². The van der Waals surface area contributed by atoms with Crippen molar-refractivity contribution in [3.05, 3.63) is 59.3 Å². The van der Waals surface area contributed by atoms with Gasteiger partial charge in [-0.2, -0.15) is 0 Å². The quantitative estimate of drug-likeness (QED) is 0.912. The molecule has 0 aliphatic heterocycles. The molecule has 0 spiro atoms. The number of hydrogen-bond donors (Lipinski definition) is 2. The Morgan fingerprint density at radius 3 is 3.14 bits per heavy atom. The molecular formula is C17H18FNO3. The van der Waals surface area contributed by atoms with Gasteiger partial charge in [-0.15, -0.1) is 0 Å². The van der Waals surface area contributed by atoms with Crippen molar-refractivity contribution in [3.63, 3.8) is 0 Å². The van der Waals surface area contributed by atoms with Crippen molar-refractivity contribution in [1.29, 1.82) is 0 Å². The van der Waals surface area contributed by atoms with E-state index < -0.39 is 11.9 Å². The average Bonchev–Trinajstić information content (AvgIpc) is 2.96. The zero-order valence-corrected chi connectivity index (χ0v) is 12.1. The van der Waals surface area contributed by atoms with Crippen LogP contribution in [0.1, 0.15) is 48.3 Å². The van der Waals surface area contributed by atoms with E-state index in [4.69, 9.17) is 4.42 Å². The summed E-state index contributed by atoms with van der Waals surface area (Å²) >= 11 is 0. The molecule has 5 heteroatoms. The second-order valence-corrected chi connectivity index (χ2v) is 5.59. The Morgan fingerprint density at radius 1 is 1.45 bits per heavy atom. The van der Waals surface area contributed by atoms with Gasteiger partial charge < -0.3 is 14.8 Å². The number of benzene rings is 1. The minimum atomic E-state index is -1.01. The van der Waals surface area contributed by atoms with Gasteiger partial charge in [0.15, 0.2) is 0 Å². The first-order valence-corrected chi connectivity index (χ1v) is 7.42. The molecule has 0 radical (unpaired) electrons. The maximum absolute atomic E-state index is 13.1. The molecule has 0 bridgehead atoms. The number of rotatable bonds is 4. The van der Waals surface area contributed by atoms with E-state index in [9.17, 15) is 14.3 Å². The zero-order valence-electron chi connectivity index (χ0n) is 12.1. The van der Waals surface area contributed by atoms with Crippen molar-refractivity contribution in [2.24, 2.45) is 0 Å². The van der Waals surface area contributed by atoms with E-state index >= 15 is 0 Å². The smallest absolute Gasteiger partial charge is 0.223 e. The van der Waals surface area contributed by atoms with Gasteiger partial charge in [-0.1, -0.05) is 12.1 Å². The van der Waals surface area contributed by atoms with E-state index in [1.54, 1.807) is 12.3 Å². The van der Waals surface area contributed by atoms with Crippen molar-refractivity contribution in [1.82, 2.24) is 5.32 Å². The first-order valence-electron chi connectivity index (χ1n) is 7.42. The van der Waals surface area contributed by atoms with Gasteiger partial charge >= 0.3 is 0 Å². The lowest BCUT2D eigenvalue weighted by molar-refractivity contribution is -0.124. The predicted octanol–water partition coefficient (Wildman–Crippen LogP) is 3.04. The van der Waals surface area contributed by atoms with E-state index in [1.807, 2.05) is 6.07 Å². The Kier molecular flexibility index (Phi) is 4.24. The molecule has 1 aromatic heterocycles. The Bertz CT molecular complexity index is 667. The summed E-state index contributed by atoms with van der Waals surface area (Å²) in [5, 5.41) is 13.0. The van der Waals surface area contributed by atoms with E-state index in [-0.39, 0.29) is 18.4 Å². The molecule has 2 aromatic rings. The van der Waals surface area contributed by atoms with Crippen molar-refractivity contribution in [2.75, 3.05) is 0 Å². The van der Waals surface area contributed by atoms with E-state index in [0.29, 0.717) is 5.56 Å². The summed E-state index contributed by atoms with van der Waals surface area (Å²) in [7, 11) is 0. The van der Waals surface area contributed by atoms with Crippen LogP contribution in [-0.2, 0) is 11.2 Å². The van der Waals surface area contributed by atoms with Gasteiger partial charge in [-0.25, -0.2) is 4.39 Å². The number of aliphatic hydroxyl groups excluding tert-OH is 1. The summed E-state index contributed by atoms with van der Waals surface area (Å²) in [6.45, 7) is 0. The predicted molar refractivity (Wildman–Crippen MR) is 78.5 cm³/mol. The van der Waals surface area contributed by atoms with Crippen molar-refractivity contribution >= 4 is 5.91 Å². The summed E-state index contributed by atoms with van der Waals surface area (Å²) in [6, 6.07) is 7.48. The molecule has 1 amide bonds. The van der Waals surface area contributed by atoms with Crippen molar-refractivity contribution in [2.45, 2.75) is 37.8 Å². The van der Waals surface area contributed by atoms with Crippen LogP contribution in [0.15, 0.2) is 41.0 Å². The Morgan fingerprint density at radius 2 is 2.32 bits per heavy atom. The fraction of sp³-hybridized carbons (Fsp3) is 0.353. The highest BCUT2D eigenvalue weighted by Gasteiger charge is 2.24. The molecule has 0 fully saturated rings. The van der Waals surface area contributed by atoms with E-state index in [2.05, 4.69) is 5.32 Å². The second kappa shape index (κ2) is 6.32. The number of nitrogens with one attached hydrogen (secondary N) is 1. The van der Waals surface area contributed by atoms with Crippen molar-refractivity contribution in [3.8, 4) is 0 Å². The molecule has 4 nitrogen and oxygen atoms in total. The van der Waals surface area contributed by atoms with Crippen LogP contribution in [0.25, 0.3) is 0 Å². The second-order valence-electron chi connectivity index (χ2n) is 5.59. The fourth-order valence-corrected chi connectivity index (χ4v) is 2.90. The number of fused-ring (bicyclic) bond motifs is 1. The van der Waals surface area contributed by atoms with Gasteiger partial charge in [0.1, 0.15) is 11.6 Å². The van der Waals surface area contributed by atoms with Crippen molar-refractivity contribution < 1.29 is 18.7 Å². The van der Waals surface area contributed by atoms with Crippen LogP contribution in [0.2, 0.25) is 0 Å². The van der Waals surface area contributed by atoms with Crippen LogP contribution < -0.4 is 5.32 Å². The topological polar surface area (TPSA) is 62.5 Å². The maximum atomic E-state index is 13.1. The number of amides is 1. The lowest BCUT2D eigenvalue weighted by Crippen LogP contribution is -2.31. The molecule has 1 aromatic carbocycles. The SMILES string of the molecule is O=C(CC(O)c1cccc(F)c1)NC1CCCc2occc21. The normalized spacial score (nSPS) is 18.5. The average molecular weight is 303 g/mol. The van der Waals surface area contributed by atoms with Crippen LogP contribution in [-0.4, -0.2) is 11.0 Å². The lowest BCUT2D eigenvalue weighted by Gasteiger charge is -2.23. The molecule has 0 saturated carbocycles. The summed E-state index contributed by atoms with van der Waals surface area (Å²) in [4.78, 5) is 12.1. The fourth-order valence-electron chi connectivity index (χ4n) is 2.90. The van der Waals surface area contributed by atoms with Crippen LogP contribution in [0.4, 0.5) is 4.39 Å². The molecule has 22 heavy (non-hydrogen) atoms. The van der Waals surface area contributed by atoms with Crippen LogP contribution in [0.5, 0.6) is 0 Å². The highest BCUT2D eigenvalue weighted by molar-refractivity contribution is 5.77. The third-order valence-corrected chi connectivity index (χ3v) is 4.00. The third-order valence-electron chi connectivity index (χ3n) is 4.00. The highest BCUT2D eigenvalue weighted by atomic mass is 19.1. The monoisotopic (exact) mass is 303 g/mol. The number of carbonyl (C=O) groups is 1. The molecule has 1 aliphatic rings. The van der Waals surface area contributed by atoms with Crippen LogP contribution in [0.3, 0.4) is 0 Å². The number of furan rings is 1. The molecule has 1 aliphatic carbocycles. The molecule has 2 atom stereocenters. The molecule has 116 valence electrons. The van der Waals surface area contributed by atoms with Crippen LogP contribution >= 0.6 is 0 Å². The summed E-state index contributed by atoms with van der Waals surface area (Å²) < 4.78 is 18.5. The lowest BCUT2D eigenvalue weighted by atomic mass is 9.93. The Balaban J connectivity index is 1.62. The summed E-state index contributed by atoms with van der Waals surface area (Å²) in [5.74, 6) is 0.241. The minimum absolute atomic E-state index is 0.0743. The van der Waals surface area contributed by atoms with Gasteiger partial charge in [0, 0.05) is 12.0 Å². The molecule has 2 N–H and O–H groups in total. The van der Waals surface area contributed by atoms with Crippen LogP contribution in [0, 0.1) is 5.82 Å². The number of aliphatic hydroxyl groups is 1. The molecular weight excluding hydrogens is 285 g/mol. The molecule has 0 saturated heterocycles. The standard InChI is InChI=1S/C17H18FNO3/c18-12-4-1-3-11(9-12)15(20)10-17(21)19-14-5-2-6-16-13(14)7-8-22-16/h1,3-4,7-9,14-15,20H,2,5-6,10H2,(H,19,21). The van der Waals surface area contributed by atoms with Gasteiger partial charge in [0.05, 0.1) is 24.8 Å². The number of hydrogen-bond acceptors (Lipinski definition) is 3. The number of halogens is 1. The maximum Gasteiger partial charge on any atom is 0.223 e. The first kappa shape index (κ1) is 14.8. The molecule has 1 heterocycles. The van der Waals surface area contributed by atoms with Gasteiger partial charge in [0.2, 0.25) is 5.91 Å². The Labute approximate surface area is 128 Å². The van der Waals surface area contributed by atoms with E-state index in [0.717, 1.165) is 30.6 Å². The molecule has 3 rings (SSSR count). The summed E-state index contributed by atoms with van der Waals surface area (Å²) in [5.41, 5.74) is 1.42. The van der Waals surface area contributed by atoms with E-state index in [1.165, 1.54) is 18.2 Å². The van der Waals surface area contributed by atoms with Gasteiger partial charge in [-0.3, -0.25) is 4.79 Å². The Hall–Kier alpha value is -2.14. The first-order chi connectivity index (χ1) is 10.6. The number of aryl methyl sites for hydroxylation is 1. The van der Waals surface area contributed by atoms with Gasteiger partial charge in [-0.05, 0) is 36.6 Å². The zero-order chi connectivity index (χ0) is 15.5.